The van der Waals surface area contributed by atoms with Gasteiger partial charge < -0.3 is 10.4 Å². The van der Waals surface area contributed by atoms with Crippen LogP contribution in [-0.2, 0) is 11.2 Å². The van der Waals surface area contributed by atoms with Crippen molar-refractivity contribution in [3.63, 3.8) is 0 Å². The van der Waals surface area contributed by atoms with Crippen molar-refractivity contribution < 1.29 is 9.90 Å². The maximum absolute atomic E-state index is 12.0. The van der Waals surface area contributed by atoms with Crippen LogP contribution in [0, 0.1) is 0 Å². The Bertz CT molecular complexity index is 460. The molecule has 4 heteroatoms. The number of aryl methyl sites for hydroxylation is 1. The number of nitrogens with one attached hydrogen (secondary N) is 1. The second-order valence-electron chi connectivity index (χ2n) is 5.67. The summed E-state index contributed by atoms with van der Waals surface area (Å²) in [6.45, 7) is 4.87. The zero-order valence-corrected chi connectivity index (χ0v) is 12.3. The van der Waals surface area contributed by atoms with E-state index in [2.05, 4.69) is 28.4 Å². The molecule has 0 bridgehead atoms. The zero-order valence-electron chi connectivity index (χ0n) is 12.3. The van der Waals surface area contributed by atoms with Crippen molar-refractivity contribution in [2.45, 2.75) is 38.8 Å². The molecule has 1 aliphatic rings. The van der Waals surface area contributed by atoms with Crippen LogP contribution in [0.1, 0.15) is 37.4 Å². The van der Waals surface area contributed by atoms with Crippen molar-refractivity contribution in [2.75, 3.05) is 19.7 Å². The summed E-state index contributed by atoms with van der Waals surface area (Å²) in [5.74, 6) is 0.0258. The summed E-state index contributed by atoms with van der Waals surface area (Å²) in [6.07, 6.45) is 2.07. The van der Waals surface area contributed by atoms with Gasteiger partial charge in [0.05, 0.1) is 13.2 Å². The smallest absolute Gasteiger partial charge is 0.234 e. The molecule has 0 aromatic heterocycles. The molecule has 0 saturated carbocycles. The number of nitrogens with zero attached hydrogens (tertiary/aromatic N) is 1. The minimum Gasteiger partial charge on any atom is -0.395 e. The highest BCUT2D eigenvalue weighted by molar-refractivity contribution is 5.78. The van der Waals surface area contributed by atoms with Gasteiger partial charge in [0.15, 0.2) is 0 Å². The van der Waals surface area contributed by atoms with Crippen LogP contribution >= 0.6 is 0 Å². The van der Waals surface area contributed by atoms with Crippen LogP contribution in [0.2, 0.25) is 0 Å². The van der Waals surface area contributed by atoms with Gasteiger partial charge in [0.2, 0.25) is 5.91 Å². The molecule has 20 heavy (non-hydrogen) atoms. The second-order valence-corrected chi connectivity index (χ2v) is 5.67. The Kier molecular flexibility index (Phi) is 5.15. The van der Waals surface area contributed by atoms with Crippen LogP contribution in [0.5, 0.6) is 0 Å². The minimum atomic E-state index is 0.0258. The van der Waals surface area contributed by atoms with E-state index in [1.807, 2.05) is 19.9 Å². The van der Waals surface area contributed by atoms with Crippen LogP contribution in [0.15, 0.2) is 24.3 Å². The van der Waals surface area contributed by atoms with Crippen LogP contribution < -0.4 is 5.32 Å². The first-order valence-electron chi connectivity index (χ1n) is 7.34. The number of rotatable bonds is 6. The Labute approximate surface area is 120 Å². The Balaban J connectivity index is 2.08. The van der Waals surface area contributed by atoms with Crippen molar-refractivity contribution in [2.24, 2.45) is 0 Å². The Hall–Kier alpha value is -1.39. The number of benzene rings is 1. The van der Waals surface area contributed by atoms with Gasteiger partial charge in [-0.25, -0.2) is 0 Å². The third kappa shape index (κ3) is 3.58. The zero-order chi connectivity index (χ0) is 14.5. The van der Waals surface area contributed by atoms with Crippen LogP contribution in [0.4, 0.5) is 0 Å². The highest BCUT2D eigenvalue weighted by Crippen LogP contribution is 2.35. The quantitative estimate of drug-likeness (QED) is 0.828. The first-order chi connectivity index (χ1) is 9.61. The molecule has 0 saturated heterocycles. The molecule has 0 fully saturated rings. The van der Waals surface area contributed by atoms with Crippen molar-refractivity contribution in [1.82, 2.24) is 10.2 Å². The molecule has 0 spiro atoms. The molecule has 1 aromatic rings. The molecular formula is C16H24N2O2. The SMILES string of the molecule is CC(C)NC(=O)CN(CCO)C1CCc2ccccc21. The molecule has 110 valence electrons. The largest absolute Gasteiger partial charge is 0.395 e. The predicted molar refractivity (Wildman–Crippen MR) is 79.4 cm³/mol. The standard InChI is InChI=1S/C16H24N2O2/c1-12(2)17-16(20)11-18(9-10-19)15-8-7-13-5-3-4-6-14(13)15/h3-6,12,15,19H,7-11H2,1-2H3,(H,17,20). The molecule has 0 heterocycles. The fourth-order valence-electron chi connectivity index (χ4n) is 2.94. The van der Waals surface area contributed by atoms with E-state index in [-0.39, 0.29) is 24.6 Å². The van der Waals surface area contributed by atoms with E-state index in [9.17, 15) is 9.90 Å². The lowest BCUT2D eigenvalue weighted by Crippen LogP contribution is -2.42. The molecule has 2 N–H and O–H groups in total. The van der Waals surface area contributed by atoms with Crippen LogP contribution in [0.3, 0.4) is 0 Å². The lowest BCUT2D eigenvalue weighted by Gasteiger charge is -2.28. The molecule has 1 aliphatic carbocycles. The van der Waals surface area contributed by atoms with Gasteiger partial charge in [0.1, 0.15) is 0 Å². The van der Waals surface area contributed by atoms with E-state index in [4.69, 9.17) is 0 Å². The summed E-state index contributed by atoms with van der Waals surface area (Å²) < 4.78 is 0. The van der Waals surface area contributed by atoms with Crippen molar-refractivity contribution >= 4 is 5.91 Å². The lowest BCUT2D eigenvalue weighted by atomic mass is 10.1. The van der Waals surface area contributed by atoms with Gasteiger partial charge >= 0.3 is 0 Å². The van der Waals surface area contributed by atoms with E-state index < -0.39 is 0 Å². The highest BCUT2D eigenvalue weighted by Gasteiger charge is 2.28. The summed E-state index contributed by atoms with van der Waals surface area (Å²) >= 11 is 0. The van der Waals surface area contributed by atoms with E-state index in [1.165, 1.54) is 11.1 Å². The molecule has 1 unspecified atom stereocenters. The molecule has 1 aromatic carbocycles. The van der Waals surface area contributed by atoms with E-state index in [0.717, 1.165) is 12.8 Å². The number of fused-ring (bicyclic) bond motifs is 1. The number of aliphatic hydroxyl groups is 1. The number of aliphatic hydroxyl groups excluding tert-OH is 1. The van der Waals surface area contributed by atoms with Gasteiger partial charge in [-0.05, 0) is 37.8 Å². The fourth-order valence-corrected chi connectivity index (χ4v) is 2.94. The Morgan fingerprint density at radius 1 is 1.45 bits per heavy atom. The van der Waals surface area contributed by atoms with Gasteiger partial charge in [0.25, 0.3) is 0 Å². The minimum absolute atomic E-state index is 0.0258. The molecule has 1 atom stereocenters. The monoisotopic (exact) mass is 276 g/mol. The van der Waals surface area contributed by atoms with Crippen molar-refractivity contribution in [3.8, 4) is 0 Å². The predicted octanol–water partition coefficient (Wildman–Crippen LogP) is 1.49. The van der Waals surface area contributed by atoms with Gasteiger partial charge in [-0.2, -0.15) is 0 Å². The lowest BCUT2D eigenvalue weighted by molar-refractivity contribution is -0.123. The summed E-state index contributed by atoms with van der Waals surface area (Å²) in [5.41, 5.74) is 2.67. The van der Waals surface area contributed by atoms with Crippen LogP contribution in [0.25, 0.3) is 0 Å². The number of amides is 1. The highest BCUT2D eigenvalue weighted by atomic mass is 16.3. The van der Waals surface area contributed by atoms with Crippen LogP contribution in [-0.4, -0.2) is 41.7 Å². The molecule has 0 radical (unpaired) electrons. The first-order valence-corrected chi connectivity index (χ1v) is 7.34. The Morgan fingerprint density at radius 3 is 2.90 bits per heavy atom. The van der Waals surface area contributed by atoms with E-state index in [0.29, 0.717) is 13.1 Å². The average Bonchev–Trinajstić information content (AvgIpc) is 2.81. The molecule has 0 aliphatic heterocycles. The molecular weight excluding hydrogens is 252 g/mol. The summed E-state index contributed by atoms with van der Waals surface area (Å²) in [5, 5.41) is 12.2. The summed E-state index contributed by atoms with van der Waals surface area (Å²) in [6, 6.07) is 8.79. The van der Waals surface area contributed by atoms with E-state index in [1.54, 1.807) is 0 Å². The molecule has 2 rings (SSSR count). The van der Waals surface area contributed by atoms with Crippen molar-refractivity contribution in [3.05, 3.63) is 35.4 Å². The third-order valence-electron chi connectivity index (χ3n) is 3.73. The van der Waals surface area contributed by atoms with Gasteiger partial charge in [-0.3, -0.25) is 9.69 Å². The van der Waals surface area contributed by atoms with Gasteiger partial charge in [-0.15, -0.1) is 0 Å². The summed E-state index contributed by atoms with van der Waals surface area (Å²) in [4.78, 5) is 14.1. The maximum atomic E-state index is 12.0. The average molecular weight is 276 g/mol. The van der Waals surface area contributed by atoms with E-state index >= 15 is 0 Å². The number of hydrogen-bond donors (Lipinski definition) is 2. The third-order valence-corrected chi connectivity index (χ3v) is 3.73. The fraction of sp³-hybridized carbons (Fsp3) is 0.562. The topological polar surface area (TPSA) is 52.6 Å². The van der Waals surface area contributed by atoms with Gasteiger partial charge in [-0.1, -0.05) is 24.3 Å². The molecule has 1 amide bonds. The van der Waals surface area contributed by atoms with Gasteiger partial charge in [0, 0.05) is 18.6 Å². The number of carbonyl (C=O) groups excluding carboxylic acids is 1. The maximum Gasteiger partial charge on any atom is 0.234 e. The molecule has 4 nitrogen and oxygen atoms in total. The second kappa shape index (κ2) is 6.86. The number of carbonyl (C=O) groups is 1. The van der Waals surface area contributed by atoms with Crippen molar-refractivity contribution in [1.29, 1.82) is 0 Å². The summed E-state index contributed by atoms with van der Waals surface area (Å²) in [7, 11) is 0. The normalized spacial score (nSPS) is 17.6. The number of hydrogen-bond acceptors (Lipinski definition) is 3. The first kappa shape index (κ1) is 15.0. The Morgan fingerprint density at radius 2 is 2.20 bits per heavy atom.